The zero-order valence-corrected chi connectivity index (χ0v) is 29.9. The molecule has 0 radical (unpaired) electrons. The zero-order valence-electron chi connectivity index (χ0n) is 27.5. The van der Waals surface area contributed by atoms with Crippen LogP contribution in [0.3, 0.4) is 0 Å². The topological polar surface area (TPSA) is 92.1 Å². The third-order valence-corrected chi connectivity index (χ3v) is 6.69. The summed E-state index contributed by atoms with van der Waals surface area (Å²) in [6.45, 7) is 6.39. The molecule has 6 rings (SSSR count). The van der Waals surface area contributed by atoms with Crippen LogP contribution in [-0.4, -0.2) is 44.3 Å². The third kappa shape index (κ3) is 10.1. The second kappa shape index (κ2) is 18.6. The Balaban J connectivity index is 0.000000186. The van der Waals surface area contributed by atoms with Gasteiger partial charge >= 0.3 is 20.1 Å². The van der Waals surface area contributed by atoms with Gasteiger partial charge in [-0.3, -0.25) is 29.0 Å². The monoisotopic (exact) mass is 793 g/mol. The van der Waals surface area contributed by atoms with E-state index in [1.165, 1.54) is 0 Å². The van der Waals surface area contributed by atoms with Crippen molar-refractivity contribution in [1.29, 1.82) is 0 Å². The molecular weight excluding hydrogens is 751 g/mol. The van der Waals surface area contributed by atoms with E-state index in [1.807, 2.05) is 108 Å². The van der Waals surface area contributed by atoms with Crippen molar-refractivity contribution in [2.75, 3.05) is 0 Å². The number of hydrogen-bond acceptors (Lipinski definition) is 6. The average Bonchev–Trinajstić information content (AvgIpc) is 3.75. The van der Waals surface area contributed by atoms with Crippen molar-refractivity contribution in [3.05, 3.63) is 108 Å². The maximum atomic E-state index is 4.49. The van der Waals surface area contributed by atoms with Gasteiger partial charge in [-0.05, 0) is 19.3 Å². The van der Waals surface area contributed by atoms with Crippen molar-refractivity contribution in [1.82, 2.24) is 44.3 Å². The quantitative estimate of drug-likeness (QED) is 0.152. The Hall–Kier alpha value is -4.27. The van der Waals surface area contributed by atoms with E-state index < -0.39 is 0 Å². The van der Waals surface area contributed by atoms with Gasteiger partial charge in [-0.25, -0.2) is 0 Å². The molecule has 0 saturated heterocycles. The molecule has 0 saturated carbocycles. The molecule has 0 unspecified atom stereocenters. The summed E-state index contributed by atoms with van der Waals surface area (Å²) >= 11 is 0. The predicted molar refractivity (Wildman–Crippen MR) is 178 cm³/mol. The minimum absolute atomic E-state index is 0. The first-order valence-corrected chi connectivity index (χ1v) is 15.5. The average molecular weight is 793 g/mol. The molecule has 3 aromatic heterocycles. The Bertz CT molecular complexity index is 1500. The molecular formula is C36H42IrN9. The fourth-order valence-corrected chi connectivity index (χ4v) is 4.60. The molecule has 0 aliphatic carbocycles. The van der Waals surface area contributed by atoms with Crippen LogP contribution in [0.2, 0.25) is 0 Å². The van der Waals surface area contributed by atoms with E-state index >= 15 is 0 Å². The number of nitrogens with zero attached hydrogens (tertiary/aromatic N) is 9. The third-order valence-electron chi connectivity index (χ3n) is 6.69. The van der Waals surface area contributed by atoms with Gasteiger partial charge in [0.05, 0.1) is 17.5 Å². The fourth-order valence-electron chi connectivity index (χ4n) is 4.60. The molecule has 240 valence electrons. The van der Waals surface area contributed by atoms with Crippen molar-refractivity contribution < 1.29 is 20.1 Å². The van der Waals surface area contributed by atoms with Crippen LogP contribution in [0.5, 0.6) is 0 Å². The van der Waals surface area contributed by atoms with Gasteiger partial charge in [0.1, 0.15) is 17.5 Å². The van der Waals surface area contributed by atoms with Crippen LogP contribution in [0.4, 0.5) is 0 Å². The summed E-state index contributed by atoms with van der Waals surface area (Å²) < 4.78 is 5.45. The molecule has 0 spiro atoms. The Morgan fingerprint density at radius 2 is 0.761 bits per heavy atom. The van der Waals surface area contributed by atoms with E-state index in [-0.39, 0.29) is 20.1 Å². The van der Waals surface area contributed by atoms with Crippen LogP contribution in [0, 0.1) is 18.2 Å². The van der Waals surface area contributed by atoms with Crippen molar-refractivity contribution in [2.24, 2.45) is 21.1 Å². The molecule has 3 heterocycles. The van der Waals surface area contributed by atoms with Crippen LogP contribution in [0.25, 0.3) is 34.2 Å². The van der Waals surface area contributed by atoms with Crippen LogP contribution < -0.4 is 0 Å². The molecule has 10 heteroatoms. The van der Waals surface area contributed by atoms with E-state index in [2.05, 4.69) is 69.2 Å². The maximum Gasteiger partial charge on any atom is 3.00 e. The van der Waals surface area contributed by atoms with E-state index in [4.69, 9.17) is 0 Å². The second-order valence-corrected chi connectivity index (χ2v) is 10.5. The van der Waals surface area contributed by atoms with E-state index in [1.54, 1.807) is 0 Å². The van der Waals surface area contributed by atoms with Crippen molar-refractivity contribution in [2.45, 2.75) is 59.3 Å². The van der Waals surface area contributed by atoms with Crippen LogP contribution >= 0.6 is 0 Å². The number of aromatic nitrogens is 9. The molecule has 0 bridgehead atoms. The Labute approximate surface area is 286 Å². The fraction of sp³-hybridized carbons (Fsp3) is 0.333. The molecule has 46 heavy (non-hydrogen) atoms. The first-order chi connectivity index (χ1) is 21.9. The molecule has 9 nitrogen and oxygen atoms in total. The number of hydrogen-bond donors (Lipinski definition) is 0. The minimum atomic E-state index is 0. The summed E-state index contributed by atoms with van der Waals surface area (Å²) in [6, 6.07) is 33.0. The molecule has 0 fully saturated rings. The molecule has 6 aromatic rings. The smallest absolute Gasteiger partial charge is 0.289 e. The molecule has 0 amide bonds. The molecule has 0 aliphatic heterocycles. The summed E-state index contributed by atoms with van der Waals surface area (Å²) in [5.74, 6) is 5.39. The molecule has 0 aliphatic rings. The SMILES string of the molecule is CCCc1nc(-c2[c-]cccc2)n(C)n1.CCCc1nc(-c2[c-]cccc2)n(C)n1.CCCc1nc(-c2[c-]cccc2)n(C)n1.[Ir+3]. The summed E-state index contributed by atoms with van der Waals surface area (Å²) in [4.78, 5) is 13.5. The predicted octanol–water partition coefficient (Wildman–Crippen LogP) is 6.70. The number of benzene rings is 3. The van der Waals surface area contributed by atoms with Crippen LogP contribution in [0.15, 0.2) is 72.8 Å². The summed E-state index contributed by atoms with van der Waals surface area (Å²) in [6.07, 6.45) is 6.01. The van der Waals surface area contributed by atoms with Crippen molar-refractivity contribution >= 4 is 0 Å². The minimum Gasteiger partial charge on any atom is -0.289 e. The zero-order chi connectivity index (χ0) is 32.0. The normalized spacial score (nSPS) is 10.3. The van der Waals surface area contributed by atoms with Gasteiger partial charge in [0.15, 0.2) is 0 Å². The van der Waals surface area contributed by atoms with Gasteiger partial charge in [-0.2, -0.15) is 15.3 Å². The van der Waals surface area contributed by atoms with Gasteiger partial charge < -0.3 is 0 Å². The maximum absolute atomic E-state index is 4.49. The second-order valence-electron chi connectivity index (χ2n) is 10.5. The Kier molecular flexibility index (Phi) is 14.7. The van der Waals surface area contributed by atoms with Crippen LogP contribution in [-0.2, 0) is 60.5 Å². The van der Waals surface area contributed by atoms with Gasteiger partial charge in [0.2, 0.25) is 0 Å². The summed E-state index contributed by atoms with van der Waals surface area (Å²) in [5, 5.41) is 13.1. The Morgan fingerprint density at radius 1 is 0.478 bits per heavy atom. The summed E-state index contributed by atoms with van der Waals surface area (Å²) in [7, 11) is 5.76. The number of rotatable bonds is 9. The van der Waals surface area contributed by atoms with Crippen molar-refractivity contribution in [3.8, 4) is 34.2 Å². The van der Waals surface area contributed by atoms with E-state index in [0.717, 1.165) is 90.2 Å². The summed E-state index contributed by atoms with van der Waals surface area (Å²) in [5.41, 5.74) is 2.99. The first kappa shape index (κ1) is 36.2. The van der Waals surface area contributed by atoms with Gasteiger partial charge in [0.25, 0.3) is 0 Å². The van der Waals surface area contributed by atoms with E-state index in [9.17, 15) is 0 Å². The number of aryl methyl sites for hydroxylation is 6. The largest absolute Gasteiger partial charge is 3.00 e. The molecule has 3 aromatic carbocycles. The van der Waals surface area contributed by atoms with Crippen LogP contribution in [0.1, 0.15) is 57.5 Å². The molecule has 0 atom stereocenters. The van der Waals surface area contributed by atoms with Gasteiger partial charge in [0, 0.05) is 40.4 Å². The van der Waals surface area contributed by atoms with Gasteiger partial charge in [-0.1, -0.05) is 20.8 Å². The van der Waals surface area contributed by atoms with Gasteiger partial charge in [-0.15, -0.1) is 108 Å². The Morgan fingerprint density at radius 3 is 0.978 bits per heavy atom. The van der Waals surface area contributed by atoms with E-state index in [0.29, 0.717) is 0 Å². The standard InChI is InChI=1S/3C12H14N3.Ir/c3*1-3-7-11-13-12(15(2)14-11)10-8-5-4-6-9-10;/h3*4-6,8H,3,7H2,1-2H3;/q3*-1;+3. The first-order valence-electron chi connectivity index (χ1n) is 15.5. The molecule has 0 N–H and O–H groups in total. The van der Waals surface area contributed by atoms with Crippen molar-refractivity contribution in [3.63, 3.8) is 0 Å².